The first-order valence-corrected chi connectivity index (χ1v) is 13.3. The zero-order valence-corrected chi connectivity index (χ0v) is 21.8. The van der Waals surface area contributed by atoms with Crippen LogP contribution in [-0.4, -0.2) is 56.3 Å². The molecular formula is C25H32N4O6S. The van der Waals surface area contributed by atoms with Crippen LogP contribution in [0.5, 0.6) is 11.5 Å². The van der Waals surface area contributed by atoms with Gasteiger partial charge in [0.2, 0.25) is 10.0 Å². The average Bonchev–Trinajstić information content (AvgIpc) is 2.90. The van der Waals surface area contributed by atoms with Gasteiger partial charge < -0.3 is 9.47 Å². The summed E-state index contributed by atoms with van der Waals surface area (Å²) in [5.41, 5.74) is 0.278. The van der Waals surface area contributed by atoms with Crippen LogP contribution in [0.1, 0.15) is 30.9 Å². The predicted molar refractivity (Wildman–Crippen MR) is 137 cm³/mol. The number of hydrogen-bond donors (Lipinski definition) is 1. The Kier molecular flexibility index (Phi) is 7.53. The third kappa shape index (κ3) is 4.91. The topological polar surface area (TPSA) is 112 Å². The van der Waals surface area contributed by atoms with E-state index in [0.29, 0.717) is 17.0 Å². The number of nitrogens with zero attached hydrogens (tertiary/aromatic N) is 3. The number of benzene rings is 2. The van der Waals surface area contributed by atoms with E-state index in [1.807, 2.05) is 18.2 Å². The third-order valence-electron chi connectivity index (χ3n) is 6.84. The Morgan fingerprint density at radius 2 is 1.61 bits per heavy atom. The van der Waals surface area contributed by atoms with Crippen molar-refractivity contribution >= 4 is 20.9 Å². The van der Waals surface area contributed by atoms with Crippen LogP contribution in [0.2, 0.25) is 0 Å². The van der Waals surface area contributed by atoms with Gasteiger partial charge in [-0.1, -0.05) is 12.5 Å². The normalized spacial score (nSPS) is 15.7. The van der Waals surface area contributed by atoms with Crippen molar-refractivity contribution in [2.75, 3.05) is 33.9 Å². The summed E-state index contributed by atoms with van der Waals surface area (Å²) >= 11 is 0. The van der Waals surface area contributed by atoms with Gasteiger partial charge in [0.05, 0.1) is 30.0 Å². The number of likely N-dealkylation sites (tertiary alicyclic amines) is 1. The first-order valence-electron chi connectivity index (χ1n) is 11.8. The summed E-state index contributed by atoms with van der Waals surface area (Å²) in [6.45, 7) is 1.86. The molecule has 36 heavy (non-hydrogen) atoms. The molecule has 2 heterocycles. The van der Waals surface area contributed by atoms with Crippen LogP contribution in [0.15, 0.2) is 50.9 Å². The molecule has 1 atom stereocenters. The van der Waals surface area contributed by atoms with Crippen molar-refractivity contribution in [2.24, 2.45) is 14.1 Å². The lowest BCUT2D eigenvalue weighted by Gasteiger charge is -2.35. The Bertz CT molecular complexity index is 1490. The van der Waals surface area contributed by atoms with Gasteiger partial charge in [0, 0.05) is 26.7 Å². The van der Waals surface area contributed by atoms with Gasteiger partial charge >= 0.3 is 5.69 Å². The van der Waals surface area contributed by atoms with Gasteiger partial charge in [-0.15, -0.1) is 0 Å². The number of piperidine rings is 1. The number of aromatic nitrogens is 2. The Balaban J connectivity index is 1.67. The van der Waals surface area contributed by atoms with Crippen LogP contribution in [0.25, 0.3) is 10.9 Å². The number of methoxy groups -OCH3 is 2. The zero-order valence-electron chi connectivity index (χ0n) is 21.0. The molecule has 3 aromatic rings. The Hall–Kier alpha value is -3.15. The number of ether oxygens (including phenoxy) is 2. The monoisotopic (exact) mass is 516 g/mol. The number of hydrogen-bond acceptors (Lipinski definition) is 7. The molecule has 0 radical (unpaired) electrons. The molecule has 11 heteroatoms. The van der Waals surface area contributed by atoms with E-state index in [9.17, 15) is 18.0 Å². The Labute approximate surface area is 210 Å². The number of aryl methyl sites for hydroxylation is 1. The van der Waals surface area contributed by atoms with E-state index in [-0.39, 0.29) is 22.9 Å². The summed E-state index contributed by atoms with van der Waals surface area (Å²) in [5.74, 6) is 1.18. The molecule has 1 aromatic heterocycles. The van der Waals surface area contributed by atoms with Crippen molar-refractivity contribution in [2.45, 2.75) is 30.2 Å². The van der Waals surface area contributed by atoms with Gasteiger partial charge in [-0.05, 0) is 61.8 Å². The molecule has 2 aromatic carbocycles. The minimum Gasteiger partial charge on any atom is -0.493 e. The first-order chi connectivity index (χ1) is 17.2. The summed E-state index contributed by atoms with van der Waals surface area (Å²) in [6.07, 6.45) is 3.24. The molecule has 194 valence electrons. The second-order valence-corrected chi connectivity index (χ2v) is 10.7. The summed E-state index contributed by atoms with van der Waals surface area (Å²) in [5, 5.41) is 0.162. The molecule has 1 saturated heterocycles. The smallest absolute Gasteiger partial charge is 0.330 e. The predicted octanol–water partition coefficient (Wildman–Crippen LogP) is 1.76. The SMILES string of the molecule is COc1ccc([C@@H](CNS(=O)(=O)c2ccc3c(c2)c(=O)n(C)c(=O)n3C)N2CCCCC2)cc1OC. The molecule has 1 aliphatic rings. The third-order valence-corrected chi connectivity index (χ3v) is 8.26. The van der Waals surface area contributed by atoms with Crippen LogP contribution in [-0.2, 0) is 24.1 Å². The van der Waals surface area contributed by atoms with Crippen LogP contribution < -0.4 is 25.4 Å². The molecule has 0 spiro atoms. The van der Waals surface area contributed by atoms with Gasteiger partial charge in [-0.25, -0.2) is 17.9 Å². The molecule has 1 aliphatic heterocycles. The molecule has 0 aliphatic carbocycles. The molecule has 0 amide bonds. The maximum atomic E-state index is 13.3. The maximum absolute atomic E-state index is 13.3. The largest absolute Gasteiger partial charge is 0.493 e. The van der Waals surface area contributed by atoms with Crippen molar-refractivity contribution in [3.63, 3.8) is 0 Å². The van der Waals surface area contributed by atoms with E-state index in [4.69, 9.17) is 9.47 Å². The van der Waals surface area contributed by atoms with Gasteiger partial charge in [0.15, 0.2) is 11.5 Å². The van der Waals surface area contributed by atoms with Gasteiger partial charge in [-0.3, -0.25) is 18.8 Å². The van der Waals surface area contributed by atoms with Gasteiger partial charge in [-0.2, -0.15) is 0 Å². The van der Waals surface area contributed by atoms with E-state index in [2.05, 4.69) is 9.62 Å². The van der Waals surface area contributed by atoms with Gasteiger partial charge in [0.25, 0.3) is 5.56 Å². The number of sulfonamides is 1. The quantitative estimate of drug-likeness (QED) is 0.486. The molecule has 10 nitrogen and oxygen atoms in total. The van der Waals surface area contributed by atoms with Crippen LogP contribution >= 0.6 is 0 Å². The Morgan fingerprint density at radius 1 is 0.917 bits per heavy atom. The standard InChI is InChI=1S/C25H32N4O6S/c1-27-20-10-9-18(15-19(20)24(30)28(2)25(27)31)36(32,33)26-16-21(29-12-6-5-7-13-29)17-8-11-22(34-3)23(14-17)35-4/h8-11,14-15,21,26H,5-7,12-13,16H2,1-4H3/t21-/m1/s1. The fraction of sp³-hybridized carbons (Fsp3) is 0.440. The lowest BCUT2D eigenvalue weighted by molar-refractivity contribution is 0.164. The Morgan fingerprint density at radius 3 is 2.28 bits per heavy atom. The fourth-order valence-electron chi connectivity index (χ4n) is 4.76. The highest BCUT2D eigenvalue weighted by Gasteiger charge is 2.26. The highest BCUT2D eigenvalue weighted by molar-refractivity contribution is 7.89. The zero-order chi connectivity index (χ0) is 26.0. The molecular weight excluding hydrogens is 484 g/mol. The molecule has 1 fully saturated rings. The van der Waals surface area contributed by atoms with E-state index in [0.717, 1.165) is 42.5 Å². The average molecular weight is 517 g/mol. The van der Waals surface area contributed by atoms with Crippen molar-refractivity contribution in [3.8, 4) is 11.5 Å². The molecule has 4 rings (SSSR count). The van der Waals surface area contributed by atoms with Crippen LogP contribution in [0.4, 0.5) is 0 Å². The summed E-state index contributed by atoms with van der Waals surface area (Å²) in [4.78, 5) is 27.1. The van der Waals surface area contributed by atoms with E-state index >= 15 is 0 Å². The van der Waals surface area contributed by atoms with Crippen molar-refractivity contribution in [1.29, 1.82) is 0 Å². The first kappa shape index (κ1) is 25.9. The van der Waals surface area contributed by atoms with E-state index in [1.54, 1.807) is 21.3 Å². The fourth-order valence-corrected chi connectivity index (χ4v) is 5.83. The summed E-state index contributed by atoms with van der Waals surface area (Å²) in [6, 6.07) is 9.64. The molecule has 0 unspecified atom stereocenters. The van der Waals surface area contributed by atoms with Crippen molar-refractivity contribution in [3.05, 3.63) is 62.8 Å². The summed E-state index contributed by atoms with van der Waals surface area (Å²) < 4.78 is 42.5. The summed E-state index contributed by atoms with van der Waals surface area (Å²) in [7, 11) is 2.11. The highest BCUT2D eigenvalue weighted by Crippen LogP contribution is 2.33. The van der Waals surface area contributed by atoms with Gasteiger partial charge in [0.1, 0.15) is 0 Å². The molecule has 0 saturated carbocycles. The van der Waals surface area contributed by atoms with Crippen LogP contribution in [0.3, 0.4) is 0 Å². The van der Waals surface area contributed by atoms with E-state index < -0.39 is 21.3 Å². The number of fused-ring (bicyclic) bond motifs is 1. The minimum absolute atomic E-state index is 0.0320. The second kappa shape index (κ2) is 10.5. The van der Waals surface area contributed by atoms with E-state index in [1.165, 1.54) is 29.8 Å². The number of rotatable bonds is 8. The lowest BCUT2D eigenvalue weighted by atomic mass is 10.0. The second-order valence-electron chi connectivity index (χ2n) is 8.96. The maximum Gasteiger partial charge on any atom is 0.330 e. The molecule has 0 bridgehead atoms. The van der Waals surface area contributed by atoms with Crippen molar-refractivity contribution in [1.82, 2.24) is 18.8 Å². The lowest BCUT2D eigenvalue weighted by Crippen LogP contribution is -2.40. The number of nitrogens with one attached hydrogen (secondary N) is 1. The minimum atomic E-state index is -3.94. The van der Waals surface area contributed by atoms with Crippen molar-refractivity contribution < 1.29 is 17.9 Å². The van der Waals surface area contributed by atoms with Crippen LogP contribution in [0, 0.1) is 0 Å². The molecule has 1 N–H and O–H groups in total. The highest BCUT2D eigenvalue weighted by atomic mass is 32.2.